The van der Waals surface area contributed by atoms with Gasteiger partial charge in [-0.05, 0) is 36.8 Å². The minimum Gasteiger partial charge on any atom is -0.492 e. The van der Waals surface area contributed by atoms with Crippen molar-refractivity contribution < 1.29 is 17.9 Å². The lowest BCUT2D eigenvalue weighted by atomic mass is 10.1. The normalized spacial score (nSPS) is 10.9. The number of carbonyl (C=O) groups is 1. The number of nitrogens with one attached hydrogen (secondary N) is 2. The van der Waals surface area contributed by atoms with Gasteiger partial charge in [-0.2, -0.15) is 0 Å². The zero-order valence-corrected chi connectivity index (χ0v) is 14.4. The summed E-state index contributed by atoms with van der Waals surface area (Å²) in [4.78, 5) is 12.3. The van der Waals surface area contributed by atoms with E-state index >= 15 is 0 Å². The van der Waals surface area contributed by atoms with Gasteiger partial charge >= 0.3 is 0 Å². The smallest absolute Gasteiger partial charge is 0.251 e. The Hall–Kier alpha value is -2.54. The summed E-state index contributed by atoms with van der Waals surface area (Å²) in [6, 6.07) is 14.2. The molecule has 7 heteroatoms. The van der Waals surface area contributed by atoms with Crippen LogP contribution in [0.2, 0.25) is 0 Å². The molecule has 0 saturated heterocycles. The van der Waals surface area contributed by atoms with E-state index in [2.05, 4.69) is 10.0 Å². The van der Waals surface area contributed by atoms with Crippen molar-refractivity contribution in [3.63, 3.8) is 0 Å². The van der Waals surface area contributed by atoms with Crippen LogP contribution in [-0.2, 0) is 10.0 Å². The number of anilines is 1. The van der Waals surface area contributed by atoms with Crippen molar-refractivity contribution in [1.29, 1.82) is 0 Å². The molecule has 2 aromatic carbocycles. The van der Waals surface area contributed by atoms with Gasteiger partial charge in [-0.25, -0.2) is 8.42 Å². The molecule has 1 amide bonds. The number of para-hydroxylation sites is 1. The third-order valence-electron chi connectivity index (χ3n) is 3.27. The molecular weight excluding hydrogens is 328 g/mol. The maximum absolute atomic E-state index is 12.3. The molecule has 0 radical (unpaired) electrons. The van der Waals surface area contributed by atoms with Gasteiger partial charge in [0.1, 0.15) is 12.4 Å². The van der Waals surface area contributed by atoms with Crippen molar-refractivity contribution in [3.8, 4) is 5.75 Å². The first-order valence-corrected chi connectivity index (χ1v) is 9.29. The van der Waals surface area contributed by atoms with Crippen LogP contribution in [0.1, 0.15) is 15.9 Å². The highest BCUT2D eigenvalue weighted by Gasteiger charge is 2.13. The first-order chi connectivity index (χ1) is 11.4. The molecule has 128 valence electrons. The quantitative estimate of drug-likeness (QED) is 0.751. The van der Waals surface area contributed by atoms with E-state index in [1.165, 1.54) is 0 Å². The number of carbonyl (C=O) groups excluding carboxylic acids is 1. The molecule has 0 aliphatic heterocycles. The van der Waals surface area contributed by atoms with Crippen molar-refractivity contribution >= 4 is 21.6 Å². The third-order valence-corrected chi connectivity index (χ3v) is 3.86. The van der Waals surface area contributed by atoms with Gasteiger partial charge in [0.2, 0.25) is 10.0 Å². The Morgan fingerprint density at radius 3 is 2.46 bits per heavy atom. The van der Waals surface area contributed by atoms with Crippen LogP contribution in [0.5, 0.6) is 5.75 Å². The zero-order chi connectivity index (χ0) is 17.6. The average molecular weight is 348 g/mol. The predicted molar refractivity (Wildman–Crippen MR) is 93.9 cm³/mol. The van der Waals surface area contributed by atoms with Gasteiger partial charge in [-0.3, -0.25) is 9.52 Å². The van der Waals surface area contributed by atoms with E-state index in [1.807, 2.05) is 30.3 Å². The standard InChI is InChI=1S/C17H20N2O4S/c1-13-15(9-6-10-16(13)19-24(2,21)22)17(20)18-11-12-23-14-7-4-3-5-8-14/h3-10,19H,11-12H2,1-2H3,(H,18,20). The third kappa shape index (κ3) is 5.27. The van der Waals surface area contributed by atoms with E-state index in [1.54, 1.807) is 25.1 Å². The number of ether oxygens (including phenoxy) is 1. The largest absolute Gasteiger partial charge is 0.492 e. The van der Waals surface area contributed by atoms with Crippen molar-refractivity contribution in [2.75, 3.05) is 24.1 Å². The van der Waals surface area contributed by atoms with Crippen molar-refractivity contribution in [3.05, 3.63) is 59.7 Å². The Bertz CT molecular complexity index is 805. The molecule has 0 aliphatic rings. The summed E-state index contributed by atoms with van der Waals surface area (Å²) < 4.78 is 30.6. The van der Waals surface area contributed by atoms with Crippen LogP contribution in [0.15, 0.2) is 48.5 Å². The topological polar surface area (TPSA) is 84.5 Å². The molecule has 6 nitrogen and oxygen atoms in total. The van der Waals surface area contributed by atoms with E-state index in [-0.39, 0.29) is 5.91 Å². The maximum atomic E-state index is 12.3. The number of hydrogen-bond donors (Lipinski definition) is 2. The molecule has 2 N–H and O–H groups in total. The first-order valence-electron chi connectivity index (χ1n) is 7.40. The lowest BCUT2D eigenvalue weighted by molar-refractivity contribution is 0.0946. The molecule has 24 heavy (non-hydrogen) atoms. The molecule has 0 heterocycles. The molecule has 0 aliphatic carbocycles. The Balaban J connectivity index is 1.94. The number of sulfonamides is 1. The molecular formula is C17H20N2O4S. The zero-order valence-electron chi connectivity index (χ0n) is 13.6. The van der Waals surface area contributed by atoms with Crippen LogP contribution in [0.25, 0.3) is 0 Å². The lowest BCUT2D eigenvalue weighted by Gasteiger charge is -2.12. The highest BCUT2D eigenvalue weighted by molar-refractivity contribution is 7.92. The van der Waals surface area contributed by atoms with Crippen LogP contribution in [0, 0.1) is 6.92 Å². The van der Waals surface area contributed by atoms with Gasteiger partial charge in [0, 0.05) is 5.56 Å². The van der Waals surface area contributed by atoms with E-state index in [0.717, 1.165) is 12.0 Å². The van der Waals surface area contributed by atoms with Gasteiger partial charge < -0.3 is 10.1 Å². The molecule has 0 atom stereocenters. The molecule has 2 aromatic rings. The summed E-state index contributed by atoms with van der Waals surface area (Å²) in [6.45, 7) is 2.38. The SMILES string of the molecule is Cc1c(NS(C)(=O)=O)cccc1C(=O)NCCOc1ccccc1. The minimum absolute atomic E-state index is 0.277. The molecule has 0 fully saturated rings. The van der Waals surface area contributed by atoms with Gasteiger partial charge in [-0.1, -0.05) is 24.3 Å². The van der Waals surface area contributed by atoms with Crippen LogP contribution < -0.4 is 14.8 Å². The van der Waals surface area contributed by atoms with Crippen LogP contribution >= 0.6 is 0 Å². The fourth-order valence-corrected chi connectivity index (χ4v) is 2.76. The minimum atomic E-state index is -3.40. The fourth-order valence-electron chi connectivity index (χ4n) is 2.14. The second kappa shape index (κ2) is 7.83. The van der Waals surface area contributed by atoms with Crippen LogP contribution in [-0.4, -0.2) is 33.7 Å². The number of benzene rings is 2. The Morgan fingerprint density at radius 1 is 1.08 bits per heavy atom. The second-order valence-electron chi connectivity index (χ2n) is 5.27. The number of hydrogen-bond acceptors (Lipinski definition) is 4. The highest BCUT2D eigenvalue weighted by atomic mass is 32.2. The Kier molecular flexibility index (Phi) is 5.81. The molecule has 0 aromatic heterocycles. The number of rotatable bonds is 7. The van der Waals surface area contributed by atoms with Crippen molar-refractivity contribution in [1.82, 2.24) is 5.32 Å². The fraction of sp³-hybridized carbons (Fsp3) is 0.235. The van der Waals surface area contributed by atoms with E-state index < -0.39 is 10.0 Å². The van der Waals surface area contributed by atoms with Gasteiger partial charge in [-0.15, -0.1) is 0 Å². The molecule has 0 unspecified atom stereocenters. The van der Waals surface area contributed by atoms with E-state index in [0.29, 0.717) is 30.0 Å². The van der Waals surface area contributed by atoms with Crippen LogP contribution in [0.3, 0.4) is 0 Å². The Labute approximate surface area is 141 Å². The van der Waals surface area contributed by atoms with Crippen molar-refractivity contribution in [2.45, 2.75) is 6.92 Å². The van der Waals surface area contributed by atoms with E-state index in [9.17, 15) is 13.2 Å². The molecule has 0 spiro atoms. The number of amides is 1. The highest BCUT2D eigenvalue weighted by Crippen LogP contribution is 2.19. The summed E-state index contributed by atoms with van der Waals surface area (Å²) in [5.41, 5.74) is 1.39. The van der Waals surface area contributed by atoms with Gasteiger partial charge in [0.05, 0.1) is 18.5 Å². The molecule has 0 saturated carbocycles. The molecule has 0 bridgehead atoms. The summed E-state index contributed by atoms with van der Waals surface area (Å²) in [5.74, 6) is 0.462. The summed E-state index contributed by atoms with van der Waals surface area (Å²) in [6.07, 6.45) is 1.07. The first kappa shape index (κ1) is 17.8. The summed E-state index contributed by atoms with van der Waals surface area (Å²) >= 11 is 0. The van der Waals surface area contributed by atoms with Crippen LogP contribution in [0.4, 0.5) is 5.69 Å². The van der Waals surface area contributed by atoms with Crippen molar-refractivity contribution in [2.24, 2.45) is 0 Å². The monoisotopic (exact) mass is 348 g/mol. The summed E-state index contributed by atoms with van der Waals surface area (Å²) in [5, 5.41) is 2.76. The lowest BCUT2D eigenvalue weighted by Crippen LogP contribution is -2.28. The summed E-state index contributed by atoms with van der Waals surface area (Å²) in [7, 11) is -3.40. The predicted octanol–water partition coefficient (Wildman–Crippen LogP) is 2.18. The average Bonchev–Trinajstić information content (AvgIpc) is 2.53. The maximum Gasteiger partial charge on any atom is 0.251 e. The Morgan fingerprint density at radius 2 is 1.79 bits per heavy atom. The molecule has 2 rings (SSSR count). The second-order valence-corrected chi connectivity index (χ2v) is 7.02. The van der Waals surface area contributed by atoms with Gasteiger partial charge in [0.25, 0.3) is 5.91 Å². The van der Waals surface area contributed by atoms with E-state index in [4.69, 9.17) is 4.74 Å². The van der Waals surface area contributed by atoms with Gasteiger partial charge in [0.15, 0.2) is 0 Å².